The lowest BCUT2D eigenvalue weighted by Gasteiger charge is -2.21. The van der Waals surface area contributed by atoms with E-state index in [9.17, 15) is 14.4 Å². The number of rotatable bonds is 2. The van der Waals surface area contributed by atoms with Crippen molar-refractivity contribution in [1.29, 1.82) is 0 Å². The van der Waals surface area contributed by atoms with E-state index in [1.165, 1.54) is 17.1 Å². The zero-order valence-corrected chi connectivity index (χ0v) is 8.05. The van der Waals surface area contributed by atoms with Crippen LogP contribution in [0.15, 0.2) is 12.2 Å². The van der Waals surface area contributed by atoms with E-state index < -0.39 is 11.9 Å². The number of carboxylic acids is 1. The van der Waals surface area contributed by atoms with E-state index in [4.69, 9.17) is 5.11 Å². The lowest BCUT2D eigenvalue weighted by molar-refractivity contribution is -0.143. The SMILES string of the molecule is O=C(O)C1CCC(N2C(=O)C=CC2=O)C1. The minimum Gasteiger partial charge on any atom is -0.481 e. The van der Waals surface area contributed by atoms with Crippen LogP contribution < -0.4 is 0 Å². The molecule has 5 heteroatoms. The summed E-state index contributed by atoms with van der Waals surface area (Å²) in [6.07, 6.45) is 3.98. The van der Waals surface area contributed by atoms with Gasteiger partial charge in [-0.3, -0.25) is 19.3 Å². The van der Waals surface area contributed by atoms with Gasteiger partial charge in [-0.05, 0) is 19.3 Å². The Morgan fingerprint density at radius 1 is 1.27 bits per heavy atom. The van der Waals surface area contributed by atoms with Crippen molar-refractivity contribution >= 4 is 17.8 Å². The van der Waals surface area contributed by atoms with Crippen LogP contribution in [0, 0.1) is 5.92 Å². The molecule has 0 aromatic heterocycles. The fourth-order valence-electron chi connectivity index (χ4n) is 2.19. The standard InChI is InChI=1S/C10H11NO4/c12-8-3-4-9(13)11(8)7-2-1-6(5-7)10(14)15/h3-4,6-7H,1-2,5H2,(H,14,15). The molecule has 1 aliphatic heterocycles. The number of imide groups is 1. The molecule has 1 heterocycles. The van der Waals surface area contributed by atoms with Crippen LogP contribution in [-0.2, 0) is 14.4 Å². The second kappa shape index (κ2) is 3.49. The topological polar surface area (TPSA) is 74.7 Å². The largest absolute Gasteiger partial charge is 0.481 e. The summed E-state index contributed by atoms with van der Waals surface area (Å²) >= 11 is 0. The number of carboxylic acid groups (broad SMARTS) is 1. The first-order valence-corrected chi connectivity index (χ1v) is 4.87. The van der Waals surface area contributed by atoms with Crippen molar-refractivity contribution in [2.24, 2.45) is 5.92 Å². The van der Waals surface area contributed by atoms with Gasteiger partial charge in [-0.15, -0.1) is 0 Å². The number of nitrogens with zero attached hydrogens (tertiary/aromatic N) is 1. The van der Waals surface area contributed by atoms with Crippen LogP contribution in [0.4, 0.5) is 0 Å². The van der Waals surface area contributed by atoms with Gasteiger partial charge in [0.25, 0.3) is 11.8 Å². The van der Waals surface area contributed by atoms with E-state index in [0.29, 0.717) is 19.3 Å². The van der Waals surface area contributed by atoms with Crippen LogP contribution in [-0.4, -0.2) is 33.8 Å². The molecule has 0 radical (unpaired) electrons. The molecule has 2 aliphatic rings. The van der Waals surface area contributed by atoms with E-state index in [2.05, 4.69) is 0 Å². The zero-order valence-electron chi connectivity index (χ0n) is 8.05. The van der Waals surface area contributed by atoms with Gasteiger partial charge in [-0.2, -0.15) is 0 Å². The number of hydrogen-bond acceptors (Lipinski definition) is 3. The Hall–Kier alpha value is -1.65. The van der Waals surface area contributed by atoms with Gasteiger partial charge in [0, 0.05) is 18.2 Å². The van der Waals surface area contributed by atoms with Crippen molar-refractivity contribution in [2.45, 2.75) is 25.3 Å². The third-order valence-electron chi connectivity index (χ3n) is 2.96. The number of carbonyl (C=O) groups is 3. The van der Waals surface area contributed by atoms with Crippen molar-refractivity contribution in [2.75, 3.05) is 0 Å². The normalized spacial score (nSPS) is 30.3. The highest BCUT2D eigenvalue weighted by Gasteiger charge is 2.38. The first kappa shape index (κ1) is 9.89. The molecule has 0 saturated heterocycles. The van der Waals surface area contributed by atoms with E-state index in [-0.39, 0.29) is 17.9 Å². The van der Waals surface area contributed by atoms with Crippen LogP contribution in [0.2, 0.25) is 0 Å². The van der Waals surface area contributed by atoms with Gasteiger partial charge in [-0.1, -0.05) is 0 Å². The van der Waals surface area contributed by atoms with Gasteiger partial charge in [0.2, 0.25) is 0 Å². The summed E-state index contributed by atoms with van der Waals surface area (Å²) in [4.78, 5) is 34.5. The number of hydrogen-bond donors (Lipinski definition) is 1. The average Bonchev–Trinajstić information content (AvgIpc) is 2.73. The lowest BCUT2D eigenvalue weighted by atomic mass is 10.1. The van der Waals surface area contributed by atoms with Gasteiger partial charge in [0.15, 0.2) is 0 Å². The number of aliphatic carboxylic acids is 1. The summed E-state index contributed by atoms with van der Waals surface area (Å²) in [5.74, 6) is -1.91. The minimum absolute atomic E-state index is 0.235. The van der Waals surface area contributed by atoms with Crippen LogP contribution in [0.5, 0.6) is 0 Å². The Labute approximate surface area is 86.4 Å². The fraction of sp³-hybridized carbons (Fsp3) is 0.500. The van der Waals surface area contributed by atoms with Gasteiger partial charge in [0.1, 0.15) is 0 Å². The molecular weight excluding hydrogens is 198 g/mol. The summed E-state index contributed by atoms with van der Waals surface area (Å²) in [6.45, 7) is 0. The van der Waals surface area contributed by atoms with Crippen molar-refractivity contribution in [3.63, 3.8) is 0 Å². The van der Waals surface area contributed by atoms with Crippen LogP contribution in [0.3, 0.4) is 0 Å². The van der Waals surface area contributed by atoms with Crippen LogP contribution in [0.1, 0.15) is 19.3 Å². The molecule has 2 amide bonds. The molecule has 15 heavy (non-hydrogen) atoms. The molecule has 0 aromatic carbocycles. The second-order valence-corrected chi connectivity index (χ2v) is 3.88. The van der Waals surface area contributed by atoms with Gasteiger partial charge in [0.05, 0.1) is 5.92 Å². The molecule has 1 fully saturated rings. The molecule has 0 spiro atoms. The average molecular weight is 209 g/mol. The van der Waals surface area contributed by atoms with Crippen LogP contribution >= 0.6 is 0 Å². The predicted octanol–water partition coefficient (Wildman–Crippen LogP) is 0.165. The van der Waals surface area contributed by atoms with Gasteiger partial charge in [-0.25, -0.2) is 0 Å². The molecule has 1 N–H and O–H groups in total. The Kier molecular flexibility index (Phi) is 2.30. The van der Waals surface area contributed by atoms with Crippen molar-refractivity contribution in [1.82, 2.24) is 4.90 Å². The molecule has 80 valence electrons. The lowest BCUT2D eigenvalue weighted by Crippen LogP contribution is -2.38. The fourth-order valence-corrected chi connectivity index (χ4v) is 2.19. The summed E-state index contributed by atoms with van der Waals surface area (Å²) < 4.78 is 0. The third kappa shape index (κ3) is 1.65. The Morgan fingerprint density at radius 2 is 1.87 bits per heavy atom. The Morgan fingerprint density at radius 3 is 2.33 bits per heavy atom. The first-order valence-electron chi connectivity index (χ1n) is 4.87. The molecule has 2 rings (SSSR count). The summed E-state index contributed by atoms with van der Waals surface area (Å²) in [7, 11) is 0. The Balaban J connectivity index is 2.05. The van der Waals surface area contributed by atoms with E-state index in [0.717, 1.165) is 0 Å². The summed E-state index contributed by atoms with van der Waals surface area (Å²) in [5.41, 5.74) is 0. The number of carbonyl (C=O) groups excluding carboxylic acids is 2. The third-order valence-corrected chi connectivity index (χ3v) is 2.96. The summed E-state index contributed by atoms with van der Waals surface area (Å²) in [5, 5.41) is 8.80. The first-order chi connectivity index (χ1) is 7.09. The number of amides is 2. The maximum absolute atomic E-state index is 11.3. The van der Waals surface area contributed by atoms with E-state index in [1.807, 2.05) is 0 Å². The highest BCUT2D eigenvalue weighted by Crippen LogP contribution is 2.30. The highest BCUT2D eigenvalue weighted by atomic mass is 16.4. The van der Waals surface area contributed by atoms with Crippen molar-refractivity contribution in [3.05, 3.63) is 12.2 Å². The Bertz CT molecular complexity index is 342. The van der Waals surface area contributed by atoms with E-state index in [1.54, 1.807) is 0 Å². The molecule has 1 aliphatic carbocycles. The minimum atomic E-state index is -0.843. The molecule has 5 nitrogen and oxygen atoms in total. The van der Waals surface area contributed by atoms with E-state index >= 15 is 0 Å². The smallest absolute Gasteiger partial charge is 0.306 e. The molecule has 1 saturated carbocycles. The molecular formula is C10H11NO4. The predicted molar refractivity (Wildman–Crippen MR) is 49.8 cm³/mol. The molecule has 0 bridgehead atoms. The maximum Gasteiger partial charge on any atom is 0.306 e. The highest BCUT2D eigenvalue weighted by molar-refractivity contribution is 6.13. The maximum atomic E-state index is 11.3. The van der Waals surface area contributed by atoms with Crippen molar-refractivity contribution in [3.8, 4) is 0 Å². The zero-order chi connectivity index (χ0) is 11.0. The van der Waals surface area contributed by atoms with Gasteiger partial charge < -0.3 is 5.11 Å². The molecule has 2 unspecified atom stereocenters. The monoisotopic (exact) mass is 209 g/mol. The second-order valence-electron chi connectivity index (χ2n) is 3.88. The quantitative estimate of drug-likeness (QED) is 0.657. The molecule has 0 aromatic rings. The summed E-state index contributed by atoms with van der Waals surface area (Å²) in [6, 6.07) is -0.235. The van der Waals surface area contributed by atoms with Crippen LogP contribution in [0.25, 0.3) is 0 Å². The van der Waals surface area contributed by atoms with Crippen molar-refractivity contribution < 1.29 is 19.5 Å². The molecule has 2 atom stereocenters. The van der Waals surface area contributed by atoms with Gasteiger partial charge >= 0.3 is 5.97 Å².